The van der Waals surface area contributed by atoms with Crippen LogP contribution in [0, 0.1) is 5.41 Å². The summed E-state index contributed by atoms with van der Waals surface area (Å²) >= 11 is 0. The molecule has 0 spiro atoms. The van der Waals surface area contributed by atoms with Crippen molar-refractivity contribution in [3.63, 3.8) is 0 Å². The van der Waals surface area contributed by atoms with E-state index in [1.165, 1.54) is 0 Å². The van der Waals surface area contributed by atoms with Crippen LogP contribution in [0.2, 0.25) is 0 Å². The highest BCUT2D eigenvalue weighted by Crippen LogP contribution is 2.18. The van der Waals surface area contributed by atoms with E-state index in [9.17, 15) is 13.5 Å². The molecular weight excluding hydrogens is 214 g/mol. The molecule has 0 radical (unpaired) electrons. The Morgan fingerprint density at radius 1 is 1.20 bits per heavy atom. The molecule has 0 bridgehead atoms. The van der Waals surface area contributed by atoms with Crippen LogP contribution in [-0.4, -0.2) is 30.9 Å². The van der Waals surface area contributed by atoms with Gasteiger partial charge in [-0.05, 0) is 26.2 Å². The first kappa shape index (κ1) is 14.9. The predicted molar refractivity (Wildman–Crippen MR) is 62.1 cm³/mol. The quantitative estimate of drug-likeness (QED) is 0.770. The summed E-state index contributed by atoms with van der Waals surface area (Å²) in [5.74, 6) is 0.0517. The van der Waals surface area contributed by atoms with Crippen molar-refractivity contribution in [1.82, 2.24) is 4.72 Å². The maximum atomic E-state index is 11.7. The van der Waals surface area contributed by atoms with Crippen LogP contribution in [0.1, 0.15) is 41.5 Å². The van der Waals surface area contributed by atoms with E-state index in [2.05, 4.69) is 4.72 Å². The number of aliphatic hydroxyl groups excluding tert-OH is 1. The first-order valence-corrected chi connectivity index (χ1v) is 6.71. The predicted octanol–water partition coefficient (Wildman–Crippen LogP) is 1.11. The van der Waals surface area contributed by atoms with Gasteiger partial charge in [0.05, 0.1) is 17.4 Å². The maximum Gasteiger partial charge on any atom is 0.212 e. The number of hydrogen-bond donors (Lipinski definition) is 2. The number of aliphatic hydroxyl groups is 1. The van der Waals surface area contributed by atoms with Crippen LogP contribution in [0.3, 0.4) is 0 Å². The van der Waals surface area contributed by atoms with Gasteiger partial charge in [0.1, 0.15) is 0 Å². The van der Waals surface area contributed by atoms with Crippen molar-refractivity contribution in [2.45, 2.75) is 53.2 Å². The standard InChI is InChI=1S/C10H23NO3S/c1-8(12)10(5,6)11-15(13,14)7-9(2,3)4/h8,11-12H,7H2,1-6H3. The van der Waals surface area contributed by atoms with Crippen LogP contribution in [0.25, 0.3) is 0 Å². The largest absolute Gasteiger partial charge is 0.391 e. The highest BCUT2D eigenvalue weighted by molar-refractivity contribution is 7.89. The van der Waals surface area contributed by atoms with Gasteiger partial charge < -0.3 is 5.11 Å². The highest BCUT2D eigenvalue weighted by atomic mass is 32.2. The molecule has 92 valence electrons. The Bertz CT molecular complexity index is 299. The van der Waals surface area contributed by atoms with E-state index in [1.54, 1.807) is 20.8 Å². The van der Waals surface area contributed by atoms with Crippen molar-refractivity contribution in [2.75, 3.05) is 5.75 Å². The molecule has 4 nitrogen and oxygen atoms in total. The zero-order valence-corrected chi connectivity index (χ0v) is 11.3. The highest BCUT2D eigenvalue weighted by Gasteiger charge is 2.31. The van der Waals surface area contributed by atoms with E-state index in [-0.39, 0.29) is 11.2 Å². The fourth-order valence-corrected chi connectivity index (χ4v) is 3.28. The molecule has 0 aromatic heterocycles. The topological polar surface area (TPSA) is 66.4 Å². The molecule has 0 amide bonds. The first-order chi connectivity index (χ1) is 6.36. The van der Waals surface area contributed by atoms with Gasteiger partial charge in [0.2, 0.25) is 10.0 Å². The molecule has 0 rings (SSSR count). The van der Waals surface area contributed by atoms with Crippen molar-refractivity contribution >= 4 is 10.0 Å². The Kier molecular flexibility index (Phi) is 4.35. The van der Waals surface area contributed by atoms with Gasteiger partial charge in [-0.25, -0.2) is 13.1 Å². The third kappa shape index (κ3) is 6.12. The summed E-state index contributed by atoms with van der Waals surface area (Å²) in [5.41, 5.74) is -1.12. The fourth-order valence-electron chi connectivity index (χ4n) is 1.09. The average Bonchev–Trinajstić information content (AvgIpc) is 1.75. The molecule has 0 aliphatic heterocycles. The third-order valence-electron chi connectivity index (χ3n) is 2.09. The molecule has 0 aromatic rings. The second-order valence-electron chi connectivity index (χ2n) is 5.82. The number of hydrogen-bond acceptors (Lipinski definition) is 3. The van der Waals surface area contributed by atoms with Crippen molar-refractivity contribution in [3.8, 4) is 0 Å². The lowest BCUT2D eigenvalue weighted by Gasteiger charge is -2.30. The molecule has 2 N–H and O–H groups in total. The van der Waals surface area contributed by atoms with E-state index in [1.807, 2.05) is 20.8 Å². The Morgan fingerprint density at radius 2 is 1.60 bits per heavy atom. The first-order valence-electron chi connectivity index (χ1n) is 5.05. The molecule has 0 heterocycles. The lowest BCUT2D eigenvalue weighted by molar-refractivity contribution is 0.111. The molecule has 0 aromatic carbocycles. The van der Waals surface area contributed by atoms with E-state index < -0.39 is 21.7 Å². The average molecular weight is 237 g/mol. The minimum Gasteiger partial charge on any atom is -0.391 e. The van der Waals surface area contributed by atoms with Crippen molar-refractivity contribution in [3.05, 3.63) is 0 Å². The van der Waals surface area contributed by atoms with Crippen molar-refractivity contribution in [2.24, 2.45) is 5.41 Å². The van der Waals surface area contributed by atoms with Gasteiger partial charge in [0, 0.05) is 0 Å². The molecule has 0 saturated carbocycles. The number of nitrogens with one attached hydrogen (secondary N) is 1. The Balaban J connectivity index is 4.67. The molecule has 5 heteroatoms. The monoisotopic (exact) mass is 237 g/mol. The summed E-state index contributed by atoms with van der Waals surface area (Å²) in [5, 5.41) is 9.41. The number of sulfonamides is 1. The van der Waals surface area contributed by atoms with E-state index >= 15 is 0 Å². The van der Waals surface area contributed by atoms with Gasteiger partial charge in [-0.3, -0.25) is 0 Å². The van der Waals surface area contributed by atoms with Gasteiger partial charge >= 0.3 is 0 Å². The summed E-state index contributed by atoms with van der Waals surface area (Å²) < 4.78 is 26.0. The number of rotatable bonds is 4. The zero-order valence-electron chi connectivity index (χ0n) is 10.5. The van der Waals surface area contributed by atoms with Gasteiger partial charge in [0.15, 0.2) is 0 Å². The summed E-state index contributed by atoms with van der Waals surface area (Å²) in [6.45, 7) is 10.5. The molecule has 0 saturated heterocycles. The normalized spacial score (nSPS) is 16.5. The molecule has 15 heavy (non-hydrogen) atoms. The van der Waals surface area contributed by atoms with E-state index in [0.29, 0.717) is 0 Å². The molecule has 0 aliphatic rings. The minimum atomic E-state index is -3.35. The molecule has 1 atom stereocenters. The second-order valence-corrected chi connectivity index (χ2v) is 7.54. The smallest absolute Gasteiger partial charge is 0.212 e. The molecule has 0 aliphatic carbocycles. The molecular formula is C10H23NO3S. The minimum absolute atomic E-state index is 0.0517. The van der Waals surface area contributed by atoms with Crippen LogP contribution >= 0.6 is 0 Å². The zero-order chi connectivity index (χ0) is 12.5. The van der Waals surface area contributed by atoms with Gasteiger partial charge in [-0.2, -0.15) is 0 Å². The Labute approximate surface area is 93.1 Å². The van der Waals surface area contributed by atoms with Gasteiger partial charge in [-0.1, -0.05) is 20.8 Å². The molecule has 1 unspecified atom stereocenters. The van der Waals surface area contributed by atoms with Crippen LogP contribution in [0.5, 0.6) is 0 Å². The summed E-state index contributed by atoms with van der Waals surface area (Å²) in [4.78, 5) is 0. The van der Waals surface area contributed by atoms with Crippen molar-refractivity contribution < 1.29 is 13.5 Å². The van der Waals surface area contributed by atoms with Crippen LogP contribution in [0.4, 0.5) is 0 Å². The lowest BCUT2D eigenvalue weighted by atomic mass is 10.0. The summed E-state index contributed by atoms with van der Waals surface area (Å²) in [6, 6.07) is 0. The van der Waals surface area contributed by atoms with E-state index in [4.69, 9.17) is 0 Å². The lowest BCUT2D eigenvalue weighted by Crippen LogP contribution is -2.52. The Morgan fingerprint density at radius 3 is 1.87 bits per heavy atom. The van der Waals surface area contributed by atoms with Crippen LogP contribution in [-0.2, 0) is 10.0 Å². The van der Waals surface area contributed by atoms with E-state index in [0.717, 1.165) is 0 Å². The van der Waals surface area contributed by atoms with Crippen LogP contribution in [0.15, 0.2) is 0 Å². The second kappa shape index (κ2) is 4.39. The molecule has 0 fully saturated rings. The van der Waals surface area contributed by atoms with Gasteiger partial charge in [0.25, 0.3) is 0 Å². The fraction of sp³-hybridized carbons (Fsp3) is 1.00. The SMILES string of the molecule is CC(O)C(C)(C)NS(=O)(=O)CC(C)(C)C. The van der Waals surface area contributed by atoms with Crippen molar-refractivity contribution in [1.29, 1.82) is 0 Å². The summed E-state index contributed by atoms with van der Waals surface area (Å²) in [7, 11) is -3.35. The van der Waals surface area contributed by atoms with Crippen LogP contribution < -0.4 is 4.72 Å². The van der Waals surface area contributed by atoms with Gasteiger partial charge in [-0.15, -0.1) is 0 Å². The maximum absolute atomic E-state index is 11.7. The Hall–Kier alpha value is -0.130. The third-order valence-corrected chi connectivity index (χ3v) is 4.17. The summed E-state index contributed by atoms with van der Waals surface area (Å²) in [6.07, 6.45) is -0.729.